The van der Waals surface area contributed by atoms with Crippen molar-refractivity contribution in [3.05, 3.63) is 77.1 Å². The number of halogens is 1. The summed E-state index contributed by atoms with van der Waals surface area (Å²) in [5.41, 5.74) is 3.73. The molecule has 0 fully saturated rings. The molecule has 0 saturated heterocycles. The van der Waals surface area contributed by atoms with Gasteiger partial charge in [0, 0.05) is 19.7 Å². The minimum Gasteiger partial charge on any atom is -0.495 e. The maximum absolute atomic E-state index is 6.22. The van der Waals surface area contributed by atoms with Crippen LogP contribution in [-0.4, -0.2) is 31.4 Å². The van der Waals surface area contributed by atoms with E-state index >= 15 is 0 Å². The van der Waals surface area contributed by atoms with Crippen LogP contribution in [0.3, 0.4) is 0 Å². The summed E-state index contributed by atoms with van der Waals surface area (Å²) in [6.07, 6.45) is 4.32. The zero-order valence-electron chi connectivity index (χ0n) is 16.4. The van der Waals surface area contributed by atoms with E-state index in [1.54, 1.807) is 18.1 Å². The molecule has 0 saturated carbocycles. The highest BCUT2D eigenvalue weighted by Crippen LogP contribution is 2.26. The van der Waals surface area contributed by atoms with Gasteiger partial charge in [0.2, 0.25) is 5.95 Å². The number of benzene rings is 2. The fourth-order valence-corrected chi connectivity index (χ4v) is 3.27. The minimum absolute atomic E-state index is 0.581. The number of methoxy groups -OCH3 is 1. The number of anilines is 2. The molecule has 29 heavy (non-hydrogen) atoms. The van der Waals surface area contributed by atoms with Crippen molar-refractivity contribution in [3.63, 3.8) is 0 Å². The van der Waals surface area contributed by atoms with E-state index in [-0.39, 0.29) is 0 Å². The molecule has 0 amide bonds. The lowest BCUT2D eigenvalue weighted by molar-refractivity contribution is 0.412. The molecular formula is C21H21ClN6O. The van der Waals surface area contributed by atoms with Gasteiger partial charge in [-0.2, -0.15) is 10.1 Å². The van der Waals surface area contributed by atoms with Crippen LogP contribution < -0.4 is 10.1 Å². The molecular weight excluding hydrogens is 388 g/mol. The van der Waals surface area contributed by atoms with Gasteiger partial charge in [-0.1, -0.05) is 29.8 Å². The quantitative estimate of drug-likeness (QED) is 0.515. The summed E-state index contributed by atoms with van der Waals surface area (Å²) in [5, 5.41) is 8.37. The van der Waals surface area contributed by atoms with E-state index in [2.05, 4.69) is 20.4 Å². The van der Waals surface area contributed by atoms with E-state index in [0.717, 1.165) is 28.4 Å². The number of nitrogens with one attached hydrogen (secondary N) is 1. The van der Waals surface area contributed by atoms with Gasteiger partial charge in [-0.05, 0) is 36.8 Å². The first-order valence-corrected chi connectivity index (χ1v) is 9.50. The molecule has 0 atom stereocenters. The van der Waals surface area contributed by atoms with Crippen molar-refractivity contribution in [2.24, 2.45) is 7.05 Å². The highest BCUT2D eigenvalue weighted by atomic mass is 35.5. The third kappa shape index (κ3) is 4.09. The summed E-state index contributed by atoms with van der Waals surface area (Å²) in [6.45, 7) is 1.96. The maximum Gasteiger partial charge on any atom is 0.225 e. The lowest BCUT2D eigenvalue weighted by atomic mass is 10.1. The van der Waals surface area contributed by atoms with Crippen LogP contribution >= 0.6 is 11.6 Å². The van der Waals surface area contributed by atoms with Gasteiger partial charge in [-0.25, -0.2) is 9.67 Å². The molecule has 0 aliphatic rings. The number of aryl methyl sites for hydroxylation is 2. The minimum atomic E-state index is 0.581. The Morgan fingerprint density at radius 3 is 2.72 bits per heavy atom. The number of nitrogens with zero attached hydrogens (tertiary/aromatic N) is 5. The second-order valence-corrected chi connectivity index (χ2v) is 7.09. The third-order valence-corrected chi connectivity index (χ3v) is 4.85. The molecule has 0 unspecified atom stereocenters. The zero-order chi connectivity index (χ0) is 20.4. The summed E-state index contributed by atoms with van der Waals surface area (Å²) in [4.78, 5) is 8.89. The second kappa shape index (κ2) is 7.97. The fourth-order valence-electron chi connectivity index (χ4n) is 3.09. The van der Waals surface area contributed by atoms with Crippen molar-refractivity contribution in [2.75, 3.05) is 12.4 Å². The normalized spacial score (nSPS) is 10.9. The van der Waals surface area contributed by atoms with Crippen LogP contribution in [0.1, 0.15) is 17.1 Å². The lowest BCUT2D eigenvalue weighted by Crippen LogP contribution is -2.00. The second-order valence-electron chi connectivity index (χ2n) is 6.69. The smallest absolute Gasteiger partial charge is 0.225 e. The van der Waals surface area contributed by atoms with Gasteiger partial charge in [-0.15, -0.1) is 0 Å². The fraction of sp³-hybridized carbons (Fsp3) is 0.190. The molecule has 7 nitrogen and oxygen atoms in total. The average Bonchev–Trinajstić information content (AvgIpc) is 3.29. The molecule has 0 radical (unpaired) electrons. The van der Waals surface area contributed by atoms with Gasteiger partial charge in [0.05, 0.1) is 35.5 Å². The Balaban J connectivity index is 1.56. The number of hydrogen-bond donors (Lipinski definition) is 1. The van der Waals surface area contributed by atoms with Gasteiger partial charge in [-0.3, -0.25) is 0 Å². The first-order valence-electron chi connectivity index (χ1n) is 9.13. The molecule has 4 rings (SSSR count). The molecule has 4 aromatic rings. The van der Waals surface area contributed by atoms with E-state index in [0.29, 0.717) is 23.2 Å². The Morgan fingerprint density at radius 2 is 2.00 bits per heavy atom. The molecule has 1 N–H and O–H groups in total. The largest absolute Gasteiger partial charge is 0.495 e. The Labute approximate surface area is 173 Å². The van der Waals surface area contributed by atoms with Gasteiger partial charge >= 0.3 is 0 Å². The summed E-state index contributed by atoms with van der Waals surface area (Å²) >= 11 is 6.22. The summed E-state index contributed by atoms with van der Waals surface area (Å²) in [7, 11) is 3.51. The van der Waals surface area contributed by atoms with Crippen LogP contribution in [0, 0.1) is 6.92 Å². The Bertz CT molecular complexity index is 1150. The number of rotatable bonds is 6. The van der Waals surface area contributed by atoms with Gasteiger partial charge in [0.1, 0.15) is 5.75 Å². The molecule has 8 heteroatoms. The van der Waals surface area contributed by atoms with Crippen LogP contribution in [0.2, 0.25) is 5.02 Å². The Kier molecular flexibility index (Phi) is 5.22. The molecule has 0 spiro atoms. The van der Waals surface area contributed by atoms with Gasteiger partial charge in [0.25, 0.3) is 0 Å². The molecule has 0 bridgehead atoms. The van der Waals surface area contributed by atoms with E-state index in [1.807, 2.05) is 67.2 Å². The summed E-state index contributed by atoms with van der Waals surface area (Å²) < 4.78 is 9.24. The highest BCUT2D eigenvalue weighted by molar-refractivity contribution is 6.33. The van der Waals surface area contributed by atoms with Crippen molar-refractivity contribution in [1.82, 2.24) is 24.3 Å². The molecule has 2 aromatic carbocycles. The van der Waals surface area contributed by atoms with Crippen molar-refractivity contribution in [1.29, 1.82) is 0 Å². The number of aromatic nitrogens is 5. The van der Waals surface area contributed by atoms with Gasteiger partial charge < -0.3 is 14.6 Å². The maximum atomic E-state index is 6.22. The van der Waals surface area contributed by atoms with Gasteiger partial charge in [0.15, 0.2) is 5.82 Å². The van der Waals surface area contributed by atoms with Crippen LogP contribution in [0.25, 0.3) is 5.69 Å². The predicted molar refractivity (Wildman–Crippen MR) is 113 cm³/mol. The first-order chi connectivity index (χ1) is 14.0. The number of ether oxygens (including phenoxy) is 1. The molecule has 2 aromatic heterocycles. The monoisotopic (exact) mass is 408 g/mol. The summed E-state index contributed by atoms with van der Waals surface area (Å²) in [5.74, 6) is 2.10. The van der Waals surface area contributed by atoms with Crippen molar-refractivity contribution in [3.8, 4) is 11.4 Å². The van der Waals surface area contributed by atoms with Crippen molar-refractivity contribution in [2.45, 2.75) is 13.3 Å². The first kappa shape index (κ1) is 19.0. The highest BCUT2D eigenvalue weighted by Gasteiger charge is 2.12. The zero-order valence-corrected chi connectivity index (χ0v) is 17.2. The van der Waals surface area contributed by atoms with E-state index in [9.17, 15) is 0 Å². The van der Waals surface area contributed by atoms with Crippen molar-refractivity contribution >= 4 is 23.2 Å². The van der Waals surface area contributed by atoms with E-state index in [4.69, 9.17) is 16.3 Å². The molecule has 0 aliphatic carbocycles. The standard InChI is InChI=1S/C21H21ClN6O/c1-14-12-28(13-23-14)18-9-8-15(10-19(18)29-3)11-20-25-21(27(2)26-20)24-17-7-5-4-6-16(17)22/h4-10,12-13H,11H2,1-3H3,(H,24,25,26). The third-order valence-electron chi connectivity index (χ3n) is 4.52. The number of hydrogen-bond acceptors (Lipinski definition) is 5. The number of imidazole rings is 1. The Hall–Kier alpha value is -3.32. The predicted octanol–water partition coefficient (Wildman–Crippen LogP) is 4.31. The van der Waals surface area contributed by atoms with Crippen LogP contribution in [0.5, 0.6) is 5.75 Å². The van der Waals surface area contributed by atoms with Crippen LogP contribution in [-0.2, 0) is 13.5 Å². The van der Waals surface area contributed by atoms with E-state index < -0.39 is 0 Å². The SMILES string of the molecule is COc1cc(Cc2nc(Nc3ccccc3Cl)n(C)n2)ccc1-n1cnc(C)c1. The number of para-hydroxylation sites is 1. The lowest BCUT2D eigenvalue weighted by Gasteiger charge is -2.10. The van der Waals surface area contributed by atoms with Crippen LogP contribution in [0.4, 0.5) is 11.6 Å². The van der Waals surface area contributed by atoms with Crippen LogP contribution in [0.15, 0.2) is 55.0 Å². The topological polar surface area (TPSA) is 69.8 Å². The van der Waals surface area contributed by atoms with E-state index in [1.165, 1.54) is 0 Å². The Morgan fingerprint density at radius 1 is 1.17 bits per heavy atom. The summed E-state index contributed by atoms with van der Waals surface area (Å²) in [6, 6.07) is 13.6. The van der Waals surface area contributed by atoms with Crippen molar-refractivity contribution < 1.29 is 4.74 Å². The molecule has 0 aliphatic heterocycles. The molecule has 148 valence electrons. The average molecular weight is 409 g/mol. The molecule has 2 heterocycles.